The number of rotatable bonds is 9. The average molecular weight is 667 g/mol. The smallest absolute Gasteiger partial charge is 0.457 e. The van der Waals surface area contributed by atoms with Crippen molar-refractivity contribution < 1.29 is 37.3 Å². The highest BCUT2D eigenvalue weighted by molar-refractivity contribution is 5.79. The number of nitrogens with one attached hydrogen (secondary N) is 1. The first-order chi connectivity index (χ1) is 23.5. The van der Waals surface area contributed by atoms with Crippen LogP contribution in [0.25, 0.3) is 11.1 Å². The normalized spacial score (nSPS) is 16.4. The first-order valence-electron chi connectivity index (χ1n) is 15.8. The molecule has 10 heteroatoms. The van der Waals surface area contributed by atoms with Gasteiger partial charge in [0.15, 0.2) is 0 Å². The summed E-state index contributed by atoms with van der Waals surface area (Å²) in [4.78, 5) is 15.6. The number of hydrogen-bond acceptors (Lipinski definition) is 6. The molecule has 7 nitrogen and oxygen atoms in total. The lowest BCUT2D eigenvalue weighted by molar-refractivity contribution is -0.274. The number of halogens is 3. The molecule has 1 saturated heterocycles. The van der Waals surface area contributed by atoms with E-state index in [0.717, 1.165) is 34.4 Å². The van der Waals surface area contributed by atoms with E-state index in [-0.39, 0.29) is 31.2 Å². The number of ether oxygens (including phenoxy) is 3. The minimum Gasteiger partial charge on any atom is -0.457 e. The van der Waals surface area contributed by atoms with Crippen molar-refractivity contribution in [3.63, 3.8) is 0 Å². The van der Waals surface area contributed by atoms with Crippen molar-refractivity contribution >= 4 is 6.09 Å². The van der Waals surface area contributed by atoms with Crippen LogP contribution < -0.4 is 14.8 Å². The van der Waals surface area contributed by atoms with Crippen LogP contribution >= 0.6 is 0 Å². The van der Waals surface area contributed by atoms with Gasteiger partial charge in [0.2, 0.25) is 0 Å². The van der Waals surface area contributed by atoms with E-state index in [1.807, 2.05) is 78.7 Å². The zero-order valence-corrected chi connectivity index (χ0v) is 26.5. The van der Waals surface area contributed by atoms with Gasteiger partial charge < -0.3 is 29.5 Å². The molecule has 1 aliphatic carbocycles. The Morgan fingerprint density at radius 2 is 1.24 bits per heavy atom. The number of carbonyl (C=O) groups is 1. The number of likely N-dealkylation sites (tertiary alicyclic amines) is 1. The van der Waals surface area contributed by atoms with E-state index in [0.29, 0.717) is 17.1 Å². The number of aliphatic hydroxyl groups is 1. The molecule has 0 saturated carbocycles. The fourth-order valence-electron chi connectivity index (χ4n) is 7.11. The van der Waals surface area contributed by atoms with Crippen LogP contribution in [0.15, 0.2) is 127 Å². The lowest BCUT2D eigenvalue weighted by Gasteiger charge is -2.57. The van der Waals surface area contributed by atoms with E-state index in [2.05, 4.69) is 22.2 Å². The topological polar surface area (TPSA) is 80.3 Å². The van der Waals surface area contributed by atoms with Crippen molar-refractivity contribution in [3.05, 3.63) is 150 Å². The Hall–Kier alpha value is -5.32. The summed E-state index contributed by atoms with van der Waals surface area (Å²) in [7, 11) is 1.84. The van der Waals surface area contributed by atoms with E-state index >= 15 is 0 Å². The number of fused-ring (bicyclic) bond motifs is 3. The number of amides is 1. The van der Waals surface area contributed by atoms with Crippen LogP contribution in [-0.4, -0.2) is 54.7 Å². The number of para-hydroxylation sites is 1. The maximum Gasteiger partial charge on any atom is 0.573 e. The van der Waals surface area contributed by atoms with Crippen molar-refractivity contribution in [2.24, 2.45) is 0 Å². The van der Waals surface area contributed by atoms with Gasteiger partial charge in [-0.05, 0) is 76.8 Å². The van der Waals surface area contributed by atoms with Gasteiger partial charge in [-0.1, -0.05) is 91.0 Å². The summed E-state index contributed by atoms with van der Waals surface area (Å²) < 4.78 is 54.8. The molecule has 0 spiro atoms. The quantitative estimate of drug-likeness (QED) is 0.167. The van der Waals surface area contributed by atoms with Crippen molar-refractivity contribution in [2.45, 2.75) is 23.4 Å². The minimum atomic E-state index is -4.88. The number of hydrogen-bond donors (Lipinski definition) is 2. The van der Waals surface area contributed by atoms with E-state index in [9.17, 15) is 23.1 Å². The standard InChI is InChI=1S/C39H33F3N2O5/c1-44-24-37(25-44,43-36(45)47-23-35-33-13-7-5-11-31(33)32-12-6-8-14-34(32)35)38(46,27-17-21-30(22-18-27)49-39(40,41)42)26-15-19-29(20-16-26)48-28-9-3-2-4-10-28/h2-22,35,46H,23-25H2,1H3,(H,43,45). The van der Waals surface area contributed by atoms with E-state index in [1.54, 1.807) is 24.3 Å². The number of alkyl carbamates (subject to hydrolysis) is 1. The fourth-order valence-corrected chi connectivity index (χ4v) is 7.11. The summed E-state index contributed by atoms with van der Waals surface area (Å²) in [6.07, 6.45) is -5.61. The molecule has 1 atom stereocenters. The Bertz CT molecular complexity index is 1900. The van der Waals surface area contributed by atoms with E-state index in [1.165, 1.54) is 12.1 Å². The maximum absolute atomic E-state index is 13.7. The van der Waals surface area contributed by atoms with Gasteiger partial charge in [0.25, 0.3) is 0 Å². The van der Waals surface area contributed by atoms with Crippen LogP contribution in [0.5, 0.6) is 17.2 Å². The van der Waals surface area contributed by atoms with Crippen molar-refractivity contribution in [1.82, 2.24) is 10.2 Å². The number of benzene rings is 5. The van der Waals surface area contributed by atoms with Crippen molar-refractivity contribution in [3.8, 4) is 28.4 Å². The maximum atomic E-state index is 13.7. The summed E-state index contributed by atoms with van der Waals surface area (Å²) >= 11 is 0. The number of likely N-dealkylation sites (N-methyl/N-ethyl adjacent to an activating group) is 1. The minimum absolute atomic E-state index is 0.0687. The second-order valence-electron chi connectivity index (χ2n) is 12.4. The third kappa shape index (κ3) is 6.21. The van der Waals surface area contributed by atoms with Crippen LogP contribution in [0, 0.1) is 0 Å². The summed E-state index contributed by atoms with van der Waals surface area (Å²) in [5.41, 5.74) is 1.73. The van der Waals surface area contributed by atoms with Gasteiger partial charge in [0.05, 0.1) is 0 Å². The molecule has 2 aliphatic rings. The van der Waals surface area contributed by atoms with E-state index in [4.69, 9.17) is 9.47 Å². The Morgan fingerprint density at radius 1 is 0.755 bits per heavy atom. The second-order valence-corrected chi connectivity index (χ2v) is 12.4. The largest absolute Gasteiger partial charge is 0.573 e. The Balaban J connectivity index is 1.19. The zero-order valence-electron chi connectivity index (χ0n) is 26.5. The molecule has 2 N–H and O–H groups in total. The van der Waals surface area contributed by atoms with Gasteiger partial charge in [-0.15, -0.1) is 13.2 Å². The molecule has 1 aliphatic heterocycles. The van der Waals surface area contributed by atoms with Gasteiger partial charge in [0.1, 0.15) is 35.0 Å². The van der Waals surface area contributed by atoms with Crippen LogP contribution in [0.2, 0.25) is 0 Å². The SMILES string of the molecule is CN1CC(NC(=O)OCC2c3ccccc3-c3ccccc32)(C(O)(c2ccc(Oc3ccccc3)cc2)c2ccc(OC(F)(F)F)cc2)C1. The zero-order chi connectivity index (χ0) is 34.2. The Kier molecular flexibility index (Phi) is 8.30. The molecule has 1 fully saturated rings. The lowest BCUT2D eigenvalue weighted by atomic mass is 9.66. The Morgan fingerprint density at radius 3 is 1.78 bits per heavy atom. The third-order valence-corrected chi connectivity index (χ3v) is 9.21. The number of alkyl halides is 3. The highest BCUT2D eigenvalue weighted by Gasteiger charge is 2.60. The van der Waals surface area contributed by atoms with Gasteiger partial charge >= 0.3 is 12.5 Å². The molecule has 250 valence electrons. The highest BCUT2D eigenvalue weighted by Crippen LogP contribution is 2.47. The van der Waals surface area contributed by atoms with Crippen molar-refractivity contribution in [1.29, 1.82) is 0 Å². The summed E-state index contributed by atoms with van der Waals surface area (Å²) in [6.45, 7) is 0.507. The first-order valence-corrected chi connectivity index (χ1v) is 15.8. The molecule has 1 heterocycles. The summed E-state index contributed by atoms with van der Waals surface area (Å²) in [6, 6.07) is 37.0. The van der Waals surface area contributed by atoms with Crippen LogP contribution in [-0.2, 0) is 10.3 Å². The monoisotopic (exact) mass is 666 g/mol. The molecule has 0 bridgehead atoms. The summed E-state index contributed by atoms with van der Waals surface area (Å²) in [5, 5.41) is 15.8. The average Bonchev–Trinajstić information content (AvgIpc) is 3.40. The van der Waals surface area contributed by atoms with Crippen molar-refractivity contribution in [2.75, 3.05) is 26.7 Å². The molecule has 0 radical (unpaired) electrons. The molecular formula is C39H33F3N2O5. The van der Waals surface area contributed by atoms with Gasteiger partial charge in [-0.2, -0.15) is 0 Å². The van der Waals surface area contributed by atoms with Crippen LogP contribution in [0.1, 0.15) is 28.2 Å². The molecule has 1 amide bonds. The molecule has 0 aromatic heterocycles. The Labute approximate surface area is 281 Å². The number of carbonyl (C=O) groups excluding carboxylic acids is 1. The van der Waals surface area contributed by atoms with Gasteiger partial charge in [0, 0.05) is 19.0 Å². The molecule has 49 heavy (non-hydrogen) atoms. The molecule has 1 unspecified atom stereocenters. The second kappa shape index (κ2) is 12.6. The highest BCUT2D eigenvalue weighted by atomic mass is 19.4. The molecule has 5 aromatic rings. The van der Waals surface area contributed by atoms with Gasteiger partial charge in [-0.25, -0.2) is 4.79 Å². The first kappa shape index (κ1) is 32.2. The predicted molar refractivity (Wildman–Crippen MR) is 178 cm³/mol. The number of nitrogens with zero attached hydrogens (tertiary/aromatic N) is 1. The fraction of sp³-hybridized carbons (Fsp3) is 0.205. The molecular weight excluding hydrogens is 633 g/mol. The van der Waals surface area contributed by atoms with Crippen LogP contribution in [0.4, 0.5) is 18.0 Å². The van der Waals surface area contributed by atoms with Crippen LogP contribution in [0.3, 0.4) is 0 Å². The lowest BCUT2D eigenvalue weighted by Crippen LogP contribution is -2.78. The summed E-state index contributed by atoms with van der Waals surface area (Å²) in [5.74, 6) is 0.528. The molecule has 7 rings (SSSR count). The third-order valence-electron chi connectivity index (χ3n) is 9.21. The van der Waals surface area contributed by atoms with Gasteiger partial charge in [-0.3, -0.25) is 0 Å². The predicted octanol–water partition coefficient (Wildman–Crippen LogP) is 7.84. The molecule has 5 aromatic carbocycles. The van der Waals surface area contributed by atoms with E-state index < -0.39 is 29.3 Å².